The van der Waals surface area contributed by atoms with Crippen molar-refractivity contribution >= 4 is 0 Å². The Morgan fingerprint density at radius 1 is 1.33 bits per heavy atom. The van der Waals surface area contributed by atoms with E-state index in [2.05, 4.69) is 47.3 Å². The van der Waals surface area contributed by atoms with Crippen molar-refractivity contribution in [3.05, 3.63) is 41.3 Å². The molecule has 2 N–H and O–H groups in total. The first kappa shape index (κ1) is 11.5. The molecule has 18 heavy (non-hydrogen) atoms. The van der Waals surface area contributed by atoms with Crippen LogP contribution in [0.25, 0.3) is 11.3 Å². The van der Waals surface area contributed by atoms with Crippen molar-refractivity contribution in [1.82, 2.24) is 15.3 Å². The molecule has 0 atom stereocenters. The quantitative estimate of drug-likeness (QED) is 0.864. The molecule has 0 aliphatic heterocycles. The molecule has 0 saturated heterocycles. The fourth-order valence-corrected chi connectivity index (χ4v) is 2.14. The molecule has 1 aliphatic carbocycles. The maximum atomic E-state index is 4.45. The summed E-state index contributed by atoms with van der Waals surface area (Å²) in [4.78, 5) is 7.85. The zero-order chi connectivity index (χ0) is 12.5. The number of aryl methyl sites for hydroxylation is 2. The SMILES string of the molecule is Cc1ccc(C)c(-c2cnc(CNC3CC3)[nH]2)c1. The molecule has 1 aliphatic rings. The van der Waals surface area contributed by atoms with E-state index in [4.69, 9.17) is 0 Å². The van der Waals surface area contributed by atoms with Crippen LogP contribution >= 0.6 is 0 Å². The predicted molar refractivity (Wildman–Crippen MR) is 73.4 cm³/mol. The van der Waals surface area contributed by atoms with Crippen LogP contribution in [0.5, 0.6) is 0 Å². The molecule has 3 nitrogen and oxygen atoms in total. The highest BCUT2D eigenvalue weighted by Gasteiger charge is 2.20. The molecular weight excluding hydrogens is 222 g/mol. The summed E-state index contributed by atoms with van der Waals surface area (Å²) < 4.78 is 0. The molecule has 3 heteroatoms. The normalized spacial score (nSPS) is 15.0. The summed E-state index contributed by atoms with van der Waals surface area (Å²) >= 11 is 0. The molecular formula is C15H19N3. The standard InChI is InChI=1S/C15H19N3/c1-10-3-4-11(2)13(7-10)14-8-17-15(18-14)9-16-12-5-6-12/h3-4,7-8,12,16H,5-6,9H2,1-2H3,(H,17,18). The number of nitrogens with one attached hydrogen (secondary N) is 2. The van der Waals surface area contributed by atoms with Gasteiger partial charge in [-0.25, -0.2) is 4.98 Å². The summed E-state index contributed by atoms with van der Waals surface area (Å²) in [7, 11) is 0. The van der Waals surface area contributed by atoms with Crippen LogP contribution in [0.15, 0.2) is 24.4 Å². The van der Waals surface area contributed by atoms with Gasteiger partial charge in [0.1, 0.15) is 5.82 Å². The molecule has 1 aromatic carbocycles. The van der Waals surface area contributed by atoms with Crippen molar-refractivity contribution < 1.29 is 0 Å². The Hall–Kier alpha value is -1.61. The lowest BCUT2D eigenvalue weighted by atomic mass is 10.0. The summed E-state index contributed by atoms with van der Waals surface area (Å²) in [5.74, 6) is 1.03. The summed E-state index contributed by atoms with van der Waals surface area (Å²) in [5, 5.41) is 3.47. The highest BCUT2D eigenvalue weighted by molar-refractivity contribution is 5.63. The molecule has 94 valence electrons. The molecule has 1 fully saturated rings. The number of nitrogens with zero attached hydrogens (tertiary/aromatic N) is 1. The van der Waals surface area contributed by atoms with Crippen molar-refractivity contribution in [2.45, 2.75) is 39.3 Å². The second-order valence-electron chi connectivity index (χ2n) is 5.22. The number of rotatable bonds is 4. The summed E-state index contributed by atoms with van der Waals surface area (Å²) in [5.41, 5.74) is 4.93. The van der Waals surface area contributed by atoms with Crippen LogP contribution in [0.3, 0.4) is 0 Å². The lowest BCUT2D eigenvalue weighted by Crippen LogP contribution is -2.16. The van der Waals surface area contributed by atoms with Crippen molar-refractivity contribution in [1.29, 1.82) is 0 Å². The van der Waals surface area contributed by atoms with Gasteiger partial charge in [0, 0.05) is 11.6 Å². The second-order valence-corrected chi connectivity index (χ2v) is 5.22. The Labute approximate surface area is 108 Å². The van der Waals surface area contributed by atoms with Crippen molar-refractivity contribution in [2.75, 3.05) is 0 Å². The fraction of sp³-hybridized carbons (Fsp3) is 0.400. The van der Waals surface area contributed by atoms with Crippen LogP contribution in [0, 0.1) is 13.8 Å². The molecule has 1 saturated carbocycles. The number of H-pyrrole nitrogens is 1. The van der Waals surface area contributed by atoms with E-state index in [1.54, 1.807) is 0 Å². The van der Waals surface area contributed by atoms with Gasteiger partial charge >= 0.3 is 0 Å². The highest BCUT2D eigenvalue weighted by atomic mass is 15.0. The Kier molecular flexibility index (Phi) is 2.92. The molecule has 3 rings (SSSR count). The first-order valence-corrected chi connectivity index (χ1v) is 6.57. The lowest BCUT2D eigenvalue weighted by molar-refractivity contribution is 0.664. The van der Waals surface area contributed by atoms with E-state index < -0.39 is 0 Å². The second kappa shape index (κ2) is 4.58. The van der Waals surface area contributed by atoms with Gasteiger partial charge in [-0.05, 0) is 38.3 Å². The highest BCUT2D eigenvalue weighted by Crippen LogP contribution is 2.23. The number of aromatic amines is 1. The van der Waals surface area contributed by atoms with E-state index in [1.165, 1.54) is 29.5 Å². The molecule has 1 aromatic heterocycles. The fourth-order valence-electron chi connectivity index (χ4n) is 2.14. The predicted octanol–water partition coefficient (Wildman–Crippen LogP) is 2.95. The minimum absolute atomic E-state index is 0.722. The summed E-state index contributed by atoms with van der Waals surface area (Å²) in [6, 6.07) is 7.23. The average Bonchev–Trinajstić information content (AvgIpc) is 3.08. The Balaban J connectivity index is 1.80. The number of imidazole rings is 1. The van der Waals surface area contributed by atoms with Gasteiger partial charge < -0.3 is 10.3 Å². The van der Waals surface area contributed by atoms with Crippen LogP contribution < -0.4 is 5.32 Å². The average molecular weight is 241 g/mol. The number of benzene rings is 1. The molecule has 0 amide bonds. The Morgan fingerprint density at radius 3 is 2.94 bits per heavy atom. The summed E-state index contributed by atoms with van der Waals surface area (Å²) in [6.07, 6.45) is 4.56. The van der Waals surface area contributed by atoms with Crippen LogP contribution in [0.4, 0.5) is 0 Å². The third-order valence-corrected chi connectivity index (χ3v) is 3.45. The molecule has 0 bridgehead atoms. The van der Waals surface area contributed by atoms with E-state index >= 15 is 0 Å². The molecule has 0 radical (unpaired) electrons. The zero-order valence-electron chi connectivity index (χ0n) is 11.0. The first-order chi connectivity index (χ1) is 8.72. The minimum Gasteiger partial charge on any atom is -0.341 e. The van der Waals surface area contributed by atoms with Gasteiger partial charge in [-0.1, -0.05) is 17.7 Å². The van der Waals surface area contributed by atoms with Crippen molar-refractivity contribution in [2.24, 2.45) is 0 Å². The number of hydrogen-bond acceptors (Lipinski definition) is 2. The van der Waals surface area contributed by atoms with Gasteiger partial charge in [0.05, 0.1) is 18.4 Å². The first-order valence-electron chi connectivity index (χ1n) is 6.57. The van der Waals surface area contributed by atoms with Gasteiger partial charge in [0.25, 0.3) is 0 Å². The molecule has 2 aromatic rings. The van der Waals surface area contributed by atoms with Crippen LogP contribution in [-0.4, -0.2) is 16.0 Å². The van der Waals surface area contributed by atoms with E-state index in [0.717, 1.165) is 24.1 Å². The van der Waals surface area contributed by atoms with Gasteiger partial charge in [-0.15, -0.1) is 0 Å². The molecule has 0 unspecified atom stereocenters. The maximum absolute atomic E-state index is 4.45. The van der Waals surface area contributed by atoms with Crippen LogP contribution in [0.1, 0.15) is 29.8 Å². The topological polar surface area (TPSA) is 40.7 Å². The maximum Gasteiger partial charge on any atom is 0.120 e. The smallest absolute Gasteiger partial charge is 0.120 e. The van der Waals surface area contributed by atoms with Gasteiger partial charge in [0.15, 0.2) is 0 Å². The van der Waals surface area contributed by atoms with Gasteiger partial charge in [-0.3, -0.25) is 0 Å². The van der Waals surface area contributed by atoms with E-state index in [1.807, 2.05) is 6.20 Å². The summed E-state index contributed by atoms with van der Waals surface area (Å²) in [6.45, 7) is 5.10. The van der Waals surface area contributed by atoms with Gasteiger partial charge in [-0.2, -0.15) is 0 Å². The molecule has 1 heterocycles. The van der Waals surface area contributed by atoms with E-state index in [-0.39, 0.29) is 0 Å². The Bertz CT molecular complexity index is 553. The third kappa shape index (κ3) is 2.46. The largest absolute Gasteiger partial charge is 0.341 e. The minimum atomic E-state index is 0.722. The lowest BCUT2D eigenvalue weighted by Gasteiger charge is -2.04. The zero-order valence-corrected chi connectivity index (χ0v) is 11.0. The van der Waals surface area contributed by atoms with Crippen LogP contribution in [0.2, 0.25) is 0 Å². The Morgan fingerprint density at radius 2 is 2.17 bits per heavy atom. The molecule has 0 spiro atoms. The third-order valence-electron chi connectivity index (χ3n) is 3.45. The van der Waals surface area contributed by atoms with Gasteiger partial charge in [0.2, 0.25) is 0 Å². The van der Waals surface area contributed by atoms with E-state index in [0.29, 0.717) is 0 Å². The van der Waals surface area contributed by atoms with Crippen molar-refractivity contribution in [3.8, 4) is 11.3 Å². The number of aromatic nitrogens is 2. The van der Waals surface area contributed by atoms with E-state index in [9.17, 15) is 0 Å². The van der Waals surface area contributed by atoms with Crippen molar-refractivity contribution in [3.63, 3.8) is 0 Å². The van der Waals surface area contributed by atoms with Crippen LogP contribution in [-0.2, 0) is 6.54 Å². The number of hydrogen-bond donors (Lipinski definition) is 2. The monoisotopic (exact) mass is 241 g/mol.